The molecular formula is C21H22O8. The second-order valence-electron chi connectivity index (χ2n) is 8.98. The van der Waals surface area contributed by atoms with Crippen LogP contribution in [-0.4, -0.2) is 54.5 Å². The van der Waals surface area contributed by atoms with Crippen LogP contribution in [0.25, 0.3) is 0 Å². The molecule has 6 aliphatic rings. The number of hydrogen-bond acceptors (Lipinski definition) is 8. The van der Waals surface area contributed by atoms with Gasteiger partial charge in [0.15, 0.2) is 23.4 Å². The van der Waals surface area contributed by atoms with Gasteiger partial charge < -0.3 is 28.4 Å². The molecule has 29 heavy (non-hydrogen) atoms. The summed E-state index contributed by atoms with van der Waals surface area (Å²) in [5.41, 5.74) is -2.10. The van der Waals surface area contributed by atoms with E-state index in [1.165, 1.54) is 0 Å². The predicted molar refractivity (Wildman–Crippen MR) is 94.0 cm³/mol. The van der Waals surface area contributed by atoms with E-state index < -0.39 is 53.3 Å². The van der Waals surface area contributed by atoms with Crippen molar-refractivity contribution in [2.24, 2.45) is 11.3 Å². The summed E-state index contributed by atoms with van der Waals surface area (Å²) < 4.78 is 35.9. The standard InChI is InChI=1S/C21H22O8/c1-19-10-21-15(24-8-11-6-4-3-5-7-11)17(23)28-20(21,2)14-13(19)27-18(29-21)25-9-12(19)16(22)26-14/h3-7,12-15,18H,8-10H2,1-2H3. The van der Waals surface area contributed by atoms with Gasteiger partial charge in [-0.3, -0.25) is 4.79 Å². The molecule has 6 bridgehead atoms. The lowest BCUT2D eigenvalue weighted by atomic mass is 9.53. The van der Waals surface area contributed by atoms with Crippen molar-refractivity contribution in [3.63, 3.8) is 0 Å². The van der Waals surface area contributed by atoms with E-state index in [0.717, 1.165) is 5.56 Å². The SMILES string of the molecule is CC12CC34OC5OCC1C(=O)OC(C2O5)C3(C)OC(=O)C4OCc1ccccc1. The highest BCUT2D eigenvalue weighted by Crippen LogP contribution is 2.65. The van der Waals surface area contributed by atoms with Crippen LogP contribution in [0.1, 0.15) is 25.8 Å². The van der Waals surface area contributed by atoms with Crippen LogP contribution in [0.2, 0.25) is 0 Å². The number of hydrogen-bond donors (Lipinski definition) is 0. The first kappa shape index (κ1) is 17.8. The Bertz CT molecular complexity index is 888. The zero-order valence-electron chi connectivity index (χ0n) is 16.2. The summed E-state index contributed by atoms with van der Waals surface area (Å²) in [4.78, 5) is 25.7. The van der Waals surface area contributed by atoms with Crippen LogP contribution in [0.15, 0.2) is 30.3 Å². The molecule has 1 spiro atoms. The summed E-state index contributed by atoms with van der Waals surface area (Å²) in [7, 11) is 0. The Kier molecular flexibility index (Phi) is 3.43. The maximum Gasteiger partial charge on any atom is 0.339 e. The highest BCUT2D eigenvalue weighted by atomic mass is 16.9. The van der Waals surface area contributed by atoms with Crippen molar-refractivity contribution < 1.29 is 38.0 Å². The fraction of sp³-hybridized carbons (Fsp3) is 0.619. The first-order valence-corrected chi connectivity index (χ1v) is 9.91. The van der Waals surface area contributed by atoms with Gasteiger partial charge >= 0.3 is 11.9 Å². The number of esters is 2. The Morgan fingerprint density at radius 1 is 1.10 bits per heavy atom. The van der Waals surface area contributed by atoms with Crippen molar-refractivity contribution in [2.45, 2.75) is 62.9 Å². The van der Waals surface area contributed by atoms with Crippen molar-refractivity contribution in [1.82, 2.24) is 0 Å². The Hall–Kier alpha value is -2.00. The molecule has 1 aromatic rings. The van der Waals surface area contributed by atoms with Gasteiger partial charge in [0, 0.05) is 5.41 Å². The van der Waals surface area contributed by atoms with Gasteiger partial charge in [-0.1, -0.05) is 37.3 Å². The number of carbonyl (C=O) groups is 2. The lowest BCUT2D eigenvalue weighted by molar-refractivity contribution is -0.338. The van der Waals surface area contributed by atoms with Crippen LogP contribution in [0.4, 0.5) is 0 Å². The van der Waals surface area contributed by atoms with E-state index in [2.05, 4.69) is 0 Å². The second-order valence-corrected chi connectivity index (χ2v) is 8.98. The zero-order valence-corrected chi connectivity index (χ0v) is 16.2. The highest BCUT2D eigenvalue weighted by molar-refractivity contribution is 5.82. The third kappa shape index (κ3) is 2.07. The summed E-state index contributed by atoms with van der Waals surface area (Å²) >= 11 is 0. The minimum Gasteiger partial charge on any atom is -0.455 e. The van der Waals surface area contributed by atoms with Crippen molar-refractivity contribution >= 4 is 11.9 Å². The van der Waals surface area contributed by atoms with Crippen molar-refractivity contribution in [1.29, 1.82) is 0 Å². The number of carbonyl (C=O) groups excluding carboxylic acids is 2. The minimum absolute atomic E-state index is 0.153. The van der Waals surface area contributed by atoms with E-state index >= 15 is 0 Å². The summed E-state index contributed by atoms with van der Waals surface area (Å²) in [6, 6.07) is 9.59. The average Bonchev–Trinajstić information content (AvgIpc) is 2.77. The highest BCUT2D eigenvalue weighted by Gasteiger charge is 2.83. The zero-order chi connectivity index (χ0) is 20.0. The molecule has 8 heteroatoms. The Morgan fingerprint density at radius 2 is 1.90 bits per heavy atom. The van der Waals surface area contributed by atoms with Gasteiger partial charge in [0.2, 0.25) is 0 Å². The topological polar surface area (TPSA) is 89.5 Å². The predicted octanol–water partition coefficient (Wildman–Crippen LogP) is 1.31. The Balaban J connectivity index is 1.45. The molecule has 5 aliphatic heterocycles. The van der Waals surface area contributed by atoms with Gasteiger partial charge in [0.05, 0.1) is 19.1 Å². The van der Waals surface area contributed by atoms with Crippen LogP contribution < -0.4 is 0 Å². The number of rotatable bonds is 3. The summed E-state index contributed by atoms with van der Waals surface area (Å²) in [5.74, 6) is -1.36. The molecule has 8 unspecified atom stereocenters. The third-order valence-corrected chi connectivity index (χ3v) is 7.45. The fourth-order valence-electron chi connectivity index (χ4n) is 5.87. The molecule has 5 saturated heterocycles. The monoisotopic (exact) mass is 402 g/mol. The van der Waals surface area contributed by atoms with E-state index in [4.69, 9.17) is 28.4 Å². The molecule has 1 aliphatic carbocycles. The second kappa shape index (κ2) is 5.57. The summed E-state index contributed by atoms with van der Waals surface area (Å²) in [6.45, 7) is 3.09. The largest absolute Gasteiger partial charge is 0.455 e. The molecule has 154 valence electrons. The van der Waals surface area contributed by atoms with E-state index in [1.807, 2.05) is 37.3 Å². The van der Waals surface area contributed by atoms with Crippen molar-refractivity contribution in [3.05, 3.63) is 35.9 Å². The molecular weight excluding hydrogens is 380 g/mol. The van der Waals surface area contributed by atoms with Crippen molar-refractivity contribution in [2.75, 3.05) is 6.61 Å². The Labute approximate surface area is 167 Å². The van der Waals surface area contributed by atoms with E-state index in [-0.39, 0.29) is 19.2 Å². The smallest absolute Gasteiger partial charge is 0.339 e. The molecule has 7 rings (SSSR count). The van der Waals surface area contributed by atoms with Gasteiger partial charge in [0.1, 0.15) is 6.10 Å². The summed E-state index contributed by atoms with van der Waals surface area (Å²) in [6.07, 6.45) is -1.88. The van der Waals surface area contributed by atoms with E-state index in [1.54, 1.807) is 6.92 Å². The molecule has 6 fully saturated rings. The van der Waals surface area contributed by atoms with Gasteiger partial charge in [-0.25, -0.2) is 4.79 Å². The molecule has 0 N–H and O–H groups in total. The summed E-state index contributed by atoms with van der Waals surface area (Å²) in [5, 5.41) is 0. The van der Waals surface area contributed by atoms with Crippen molar-refractivity contribution in [3.8, 4) is 0 Å². The van der Waals surface area contributed by atoms with E-state index in [0.29, 0.717) is 6.42 Å². The molecule has 0 amide bonds. The fourth-order valence-corrected chi connectivity index (χ4v) is 5.87. The number of ether oxygens (including phenoxy) is 6. The molecule has 1 saturated carbocycles. The first-order valence-electron chi connectivity index (χ1n) is 9.91. The van der Waals surface area contributed by atoms with Crippen LogP contribution in [0.5, 0.6) is 0 Å². The van der Waals surface area contributed by atoms with Crippen LogP contribution in [-0.2, 0) is 44.6 Å². The molecule has 8 nitrogen and oxygen atoms in total. The normalized spacial score (nSPS) is 49.4. The lowest BCUT2D eigenvalue weighted by Gasteiger charge is -2.59. The lowest BCUT2D eigenvalue weighted by Crippen LogP contribution is -2.76. The third-order valence-electron chi connectivity index (χ3n) is 7.45. The van der Waals surface area contributed by atoms with Crippen LogP contribution >= 0.6 is 0 Å². The van der Waals surface area contributed by atoms with Gasteiger partial charge in [0.25, 0.3) is 6.48 Å². The molecule has 8 atom stereocenters. The molecule has 0 aromatic heterocycles. The molecule has 0 radical (unpaired) electrons. The van der Waals surface area contributed by atoms with Gasteiger partial charge in [-0.2, -0.15) is 0 Å². The Morgan fingerprint density at radius 3 is 2.69 bits per heavy atom. The van der Waals surface area contributed by atoms with Crippen LogP contribution in [0, 0.1) is 11.3 Å². The van der Waals surface area contributed by atoms with Crippen LogP contribution in [0.3, 0.4) is 0 Å². The average molecular weight is 402 g/mol. The van der Waals surface area contributed by atoms with E-state index in [9.17, 15) is 9.59 Å². The maximum atomic E-state index is 13.0. The maximum absolute atomic E-state index is 13.0. The van der Waals surface area contributed by atoms with Gasteiger partial charge in [-0.15, -0.1) is 0 Å². The van der Waals surface area contributed by atoms with Gasteiger partial charge in [-0.05, 0) is 18.9 Å². The molecule has 5 heterocycles. The first-order chi connectivity index (χ1) is 13.9. The molecule has 1 aromatic carbocycles. The number of benzene rings is 1. The quantitative estimate of drug-likeness (QED) is 0.699. The minimum atomic E-state index is -1.23.